The molecule has 92 valence electrons. The van der Waals surface area contributed by atoms with Gasteiger partial charge in [-0.25, -0.2) is 0 Å². The fourth-order valence-corrected chi connectivity index (χ4v) is 1.99. The fraction of sp³-hybridized carbons (Fsp3) is 0.167. The molecule has 0 bridgehead atoms. The lowest BCUT2D eigenvalue weighted by atomic mass is 10.0. The minimum atomic E-state index is 0.751. The van der Waals surface area contributed by atoms with Gasteiger partial charge in [-0.2, -0.15) is 5.26 Å². The summed E-state index contributed by atoms with van der Waals surface area (Å²) < 4.78 is 0. The van der Waals surface area contributed by atoms with E-state index in [9.17, 15) is 0 Å². The molecule has 1 nitrogen and oxygen atoms in total. The minimum Gasteiger partial charge on any atom is -0.192 e. The van der Waals surface area contributed by atoms with Crippen LogP contribution in [0.15, 0.2) is 36.4 Å². The van der Waals surface area contributed by atoms with Crippen LogP contribution in [0, 0.1) is 43.9 Å². The Kier molecular flexibility index (Phi) is 3.69. The lowest BCUT2D eigenvalue weighted by Crippen LogP contribution is -1.89. The second-order valence-electron chi connectivity index (χ2n) is 4.71. The first-order valence-corrected chi connectivity index (χ1v) is 6.20. The second-order valence-corrected chi connectivity index (χ2v) is 4.71. The molecular weight excluding hydrogens is 230 g/mol. The van der Waals surface area contributed by atoms with Gasteiger partial charge in [0.15, 0.2) is 0 Å². The van der Waals surface area contributed by atoms with Gasteiger partial charge in [-0.3, -0.25) is 0 Å². The zero-order valence-electron chi connectivity index (χ0n) is 11.4. The van der Waals surface area contributed by atoms with Crippen LogP contribution in [-0.4, -0.2) is 0 Å². The van der Waals surface area contributed by atoms with E-state index in [1.165, 1.54) is 5.56 Å². The van der Waals surface area contributed by atoms with Crippen LogP contribution in [0.25, 0.3) is 0 Å². The Balaban J connectivity index is 2.36. The molecule has 0 aromatic heterocycles. The molecule has 0 N–H and O–H groups in total. The zero-order chi connectivity index (χ0) is 13.8. The molecule has 2 aromatic rings. The van der Waals surface area contributed by atoms with E-state index in [0.29, 0.717) is 0 Å². The van der Waals surface area contributed by atoms with Gasteiger partial charge in [0.2, 0.25) is 0 Å². The van der Waals surface area contributed by atoms with E-state index in [-0.39, 0.29) is 0 Å². The Bertz CT molecular complexity index is 681. The van der Waals surface area contributed by atoms with E-state index in [4.69, 9.17) is 5.26 Å². The van der Waals surface area contributed by atoms with Gasteiger partial charge in [0, 0.05) is 11.1 Å². The van der Waals surface area contributed by atoms with Crippen LogP contribution in [-0.2, 0) is 0 Å². The first-order chi connectivity index (χ1) is 9.10. The molecule has 0 spiro atoms. The Morgan fingerprint density at radius 3 is 1.84 bits per heavy atom. The van der Waals surface area contributed by atoms with Crippen LogP contribution in [0.4, 0.5) is 0 Å². The summed E-state index contributed by atoms with van der Waals surface area (Å²) in [6, 6.07) is 14.3. The van der Waals surface area contributed by atoms with Gasteiger partial charge < -0.3 is 0 Å². The molecule has 0 heterocycles. The Morgan fingerprint density at radius 2 is 1.32 bits per heavy atom. The van der Waals surface area contributed by atoms with Gasteiger partial charge in [0.25, 0.3) is 0 Å². The molecular formula is C18H15N. The smallest absolute Gasteiger partial charge is 0.0997 e. The van der Waals surface area contributed by atoms with Gasteiger partial charge in [0.05, 0.1) is 11.6 Å². The van der Waals surface area contributed by atoms with Crippen molar-refractivity contribution in [2.75, 3.05) is 0 Å². The standard InChI is InChI=1S/C18H15N/c1-13-4-6-16(7-5-13)8-9-17-10-14(2)18(12-19)15(3)11-17/h4-7,10-11H,1-3H3. The summed E-state index contributed by atoms with van der Waals surface area (Å²) in [5.41, 5.74) is 5.91. The third-order valence-electron chi connectivity index (χ3n) is 3.05. The molecule has 2 aromatic carbocycles. The number of hydrogen-bond donors (Lipinski definition) is 0. The Morgan fingerprint density at radius 1 is 0.789 bits per heavy atom. The number of benzene rings is 2. The SMILES string of the molecule is Cc1ccc(C#Cc2cc(C)c(C#N)c(C)c2)cc1. The van der Waals surface area contributed by atoms with E-state index < -0.39 is 0 Å². The normalized spacial score (nSPS) is 9.37. The molecule has 0 unspecified atom stereocenters. The molecule has 1 heteroatoms. The van der Waals surface area contributed by atoms with Crippen molar-refractivity contribution in [2.24, 2.45) is 0 Å². The lowest BCUT2D eigenvalue weighted by molar-refractivity contribution is 1.31. The molecule has 0 amide bonds. The molecule has 0 fully saturated rings. The average Bonchev–Trinajstić information content (AvgIpc) is 2.38. The highest BCUT2D eigenvalue weighted by Crippen LogP contribution is 2.15. The lowest BCUT2D eigenvalue weighted by Gasteiger charge is -2.02. The molecule has 0 saturated carbocycles. The van der Waals surface area contributed by atoms with Gasteiger partial charge in [0.1, 0.15) is 0 Å². The maximum Gasteiger partial charge on any atom is 0.0997 e. The predicted octanol–water partition coefficient (Wildman–Crippen LogP) is 3.88. The van der Waals surface area contributed by atoms with Gasteiger partial charge in [-0.15, -0.1) is 0 Å². The molecule has 0 atom stereocenters. The summed E-state index contributed by atoms with van der Waals surface area (Å²) in [7, 11) is 0. The van der Waals surface area contributed by atoms with E-state index in [1.807, 2.05) is 38.1 Å². The highest BCUT2D eigenvalue weighted by atomic mass is 14.2. The molecule has 0 aliphatic rings. The average molecular weight is 245 g/mol. The van der Waals surface area contributed by atoms with E-state index >= 15 is 0 Å². The van der Waals surface area contributed by atoms with Crippen LogP contribution < -0.4 is 0 Å². The zero-order valence-corrected chi connectivity index (χ0v) is 11.4. The first-order valence-electron chi connectivity index (χ1n) is 6.20. The second kappa shape index (κ2) is 5.42. The maximum atomic E-state index is 9.04. The van der Waals surface area contributed by atoms with Crippen LogP contribution >= 0.6 is 0 Å². The van der Waals surface area contributed by atoms with E-state index in [1.54, 1.807) is 0 Å². The van der Waals surface area contributed by atoms with Crippen molar-refractivity contribution in [3.05, 3.63) is 69.8 Å². The summed E-state index contributed by atoms with van der Waals surface area (Å²) in [6.45, 7) is 5.95. The Hall–Kier alpha value is -2.51. The largest absolute Gasteiger partial charge is 0.192 e. The summed E-state index contributed by atoms with van der Waals surface area (Å²) >= 11 is 0. The number of rotatable bonds is 0. The number of nitriles is 1. The number of nitrogens with zero attached hydrogens (tertiary/aromatic N) is 1. The van der Waals surface area contributed by atoms with Crippen LogP contribution in [0.3, 0.4) is 0 Å². The topological polar surface area (TPSA) is 23.8 Å². The molecule has 0 radical (unpaired) electrons. The van der Waals surface area contributed by atoms with Crippen molar-refractivity contribution >= 4 is 0 Å². The quantitative estimate of drug-likeness (QED) is 0.646. The molecule has 0 saturated heterocycles. The Labute approximate surface area is 114 Å². The number of hydrogen-bond acceptors (Lipinski definition) is 1. The monoisotopic (exact) mass is 245 g/mol. The van der Waals surface area contributed by atoms with E-state index in [0.717, 1.165) is 27.8 Å². The summed E-state index contributed by atoms with van der Waals surface area (Å²) in [4.78, 5) is 0. The highest BCUT2D eigenvalue weighted by Gasteiger charge is 2.02. The van der Waals surface area contributed by atoms with Crippen molar-refractivity contribution in [1.29, 1.82) is 5.26 Å². The fourth-order valence-electron chi connectivity index (χ4n) is 1.99. The third-order valence-corrected chi connectivity index (χ3v) is 3.05. The van der Waals surface area contributed by atoms with Crippen molar-refractivity contribution in [3.63, 3.8) is 0 Å². The van der Waals surface area contributed by atoms with Gasteiger partial charge >= 0.3 is 0 Å². The van der Waals surface area contributed by atoms with E-state index in [2.05, 4.69) is 37.0 Å². The first kappa shape index (κ1) is 12.9. The number of aryl methyl sites for hydroxylation is 3. The van der Waals surface area contributed by atoms with Crippen molar-refractivity contribution < 1.29 is 0 Å². The maximum absolute atomic E-state index is 9.04. The van der Waals surface area contributed by atoms with Crippen molar-refractivity contribution in [1.82, 2.24) is 0 Å². The highest BCUT2D eigenvalue weighted by molar-refractivity contribution is 5.51. The summed E-state index contributed by atoms with van der Waals surface area (Å²) in [5.74, 6) is 6.30. The van der Waals surface area contributed by atoms with Crippen LogP contribution in [0.2, 0.25) is 0 Å². The molecule has 0 aliphatic carbocycles. The van der Waals surface area contributed by atoms with Gasteiger partial charge in [-0.05, 0) is 56.2 Å². The predicted molar refractivity (Wildman–Crippen MR) is 77.8 cm³/mol. The molecule has 0 aliphatic heterocycles. The summed E-state index contributed by atoms with van der Waals surface area (Å²) in [5, 5.41) is 9.04. The molecule has 19 heavy (non-hydrogen) atoms. The van der Waals surface area contributed by atoms with Crippen molar-refractivity contribution in [3.8, 4) is 17.9 Å². The third kappa shape index (κ3) is 3.03. The minimum absolute atomic E-state index is 0.751. The summed E-state index contributed by atoms with van der Waals surface area (Å²) in [6.07, 6.45) is 0. The van der Waals surface area contributed by atoms with Gasteiger partial charge in [-0.1, -0.05) is 29.5 Å². The van der Waals surface area contributed by atoms with Crippen molar-refractivity contribution in [2.45, 2.75) is 20.8 Å². The van der Waals surface area contributed by atoms with Crippen LogP contribution in [0.5, 0.6) is 0 Å². The van der Waals surface area contributed by atoms with Crippen LogP contribution in [0.1, 0.15) is 33.4 Å². The molecule has 2 rings (SSSR count).